The molecule has 12 N–H and O–H groups in total. The third-order valence-corrected chi connectivity index (χ3v) is 11.4. The van der Waals surface area contributed by atoms with E-state index in [4.69, 9.17) is 11.5 Å². The topological polar surface area (TPSA) is 281 Å². The van der Waals surface area contributed by atoms with Gasteiger partial charge < -0.3 is 52.6 Å². The molecule has 3 aromatic heterocycles. The first-order valence-corrected chi connectivity index (χ1v) is 21.6. The molecule has 0 saturated carbocycles. The van der Waals surface area contributed by atoms with Gasteiger partial charge in [-0.2, -0.15) is 5.01 Å². The number of aromatic amines is 3. The molecule has 0 spiro atoms. The lowest BCUT2D eigenvalue weighted by Crippen LogP contribution is -2.60. The first-order chi connectivity index (χ1) is 31.9. The molecule has 7 rings (SSSR count). The molecular formula is C47H53N13O6. The van der Waals surface area contributed by atoms with Crippen LogP contribution < -0.4 is 38.2 Å². The van der Waals surface area contributed by atoms with Gasteiger partial charge in [-0.05, 0) is 48.1 Å². The summed E-state index contributed by atoms with van der Waals surface area (Å²) in [5.41, 5.74) is 19.0. The van der Waals surface area contributed by atoms with E-state index in [1.165, 1.54) is 6.33 Å². The summed E-state index contributed by atoms with van der Waals surface area (Å²) in [7, 11) is 1.68. The van der Waals surface area contributed by atoms with Crippen molar-refractivity contribution < 1.29 is 28.8 Å². The van der Waals surface area contributed by atoms with Gasteiger partial charge in [-0.1, -0.05) is 66.7 Å². The van der Waals surface area contributed by atoms with E-state index in [-0.39, 0.29) is 32.1 Å². The molecule has 0 radical (unpaired) electrons. The van der Waals surface area contributed by atoms with Crippen molar-refractivity contribution in [3.63, 3.8) is 0 Å². The zero-order chi connectivity index (χ0) is 46.6. The lowest BCUT2D eigenvalue weighted by Gasteiger charge is -2.27. The largest absolute Gasteiger partial charge is 0.368 e. The van der Waals surface area contributed by atoms with Crippen LogP contribution in [0.25, 0.3) is 21.8 Å². The number of hydrazine groups is 1. The molecule has 6 aromatic rings. The van der Waals surface area contributed by atoms with Crippen molar-refractivity contribution in [3.8, 4) is 12.1 Å². The molecule has 19 heteroatoms. The number of para-hydroxylation sites is 2. The first kappa shape index (κ1) is 45.9. The molecule has 66 heavy (non-hydrogen) atoms. The standard InChI is InChI=1S/C47H53N13O6/c1-59-18-10-9-17-38(42(49)61)54-44(63)39(21-29-11-3-2-4-12-29)56-45(64)40(22-30-25-51-36-15-7-5-13-33(30)36)57-47(66)60(20-19-59)58-46(65)41(23-31-26-52-37-16-8-6-14-34(31)37)55-43(62)35(48)24-32-27-50-28-53-32/h2-8,11-16,25-28,35,38-41,51-52H,9-10,17-18,21-24,48H2,1H3,(H2,49,61)(H,50,53)(H,54,63)(H,55,62)(H,56,64)(H,57,66)(H,58,65)/t35-,38-,39+,40-,41+/m0/s1. The summed E-state index contributed by atoms with van der Waals surface area (Å²) in [6.07, 6.45) is 7.75. The number of amides is 7. The van der Waals surface area contributed by atoms with Crippen LogP contribution in [0.1, 0.15) is 41.6 Å². The van der Waals surface area contributed by atoms with Crippen LogP contribution in [-0.4, -0.2) is 109 Å². The second kappa shape index (κ2) is 21.5. The van der Waals surface area contributed by atoms with E-state index in [1.54, 1.807) is 54.8 Å². The van der Waals surface area contributed by atoms with Gasteiger partial charge in [0.1, 0.15) is 24.2 Å². The summed E-state index contributed by atoms with van der Waals surface area (Å²) >= 11 is 0. The molecule has 1 aliphatic heterocycles. The summed E-state index contributed by atoms with van der Waals surface area (Å²) in [6.45, 7) is 0.364. The summed E-state index contributed by atoms with van der Waals surface area (Å²) in [6, 6.07) is 22.6. The number of H-pyrrole nitrogens is 3. The number of carbonyl (C=O) groups is 6. The Kier molecular flexibility index (Phi) is 15.0. The number of hydrogen-bond donors (Lipinski definition) is 10. The molecule has 19 nitrogen and oxygen atoms in total. The fraction of sp³-hybridized carbons (Fsp3) is 0.298. The Hall–Kier alpha value is -8.11. The van der Waals surface area contributed by atoms with Crippen LogP contribution in [0.15, 0.2) is 104 Å². The maximum Gasteiger partial charge on any atom is 0.349 e. The molecule has 0 unspecified atom stereocenters. The molecule has 3 aromatic carbocycles. The van der Waals surface area contributed by atoms with Crippen LogP contribution in [0.5, 0.6) is 0 Å². The van der Waals surface area contributed by atoms with Crippen LogP contribution in [0, 0.1) is 12.1 Å². The Bertz CT molecular complexity index is 2720. The van der Waals surface area contributed by atoms with Gasteiger partial charge in [-0.15, -0.1) is 0 Å². The minimum absolute atomic E-state index is 0.0100. The quantitative estimate of drug-likeness (QED) is 0.0749. The van der Waals surface area contributed by atoms with Crippen LogP contribution in [0.3, 0.4) is 0 Å². The highest BCUT2D eigenvalue weighted by atomic mass is 16.2. The molecule has 0 bridgehead atoms. The Labute approximate surface area is 380 Å². The predicted octanol–water partition coefficient (Wildman–Crippen LogP) is 1.36. The highest BCUT2D eigenvalue weighted by Gasteiger charge is 2.33. The highest BCUT2D eigenvalue weighted by Crippen LogP contribution is 2.21. The smallest absolute Gasteiger partial charge is 0.349 e. The van der Waals surface area contributed by atoms with Gasteiger partial charge >= 0.3 is 6.03 Å². The van der Waals surface area contributed by atoms with E-state index >= 15 is 0 Å². The van der Waals surface area contributed by atoms with E-state index in [9.17, 15) is 28.8 Å². The number of primary amides is 1. The van der Waals surface area contributed by atoms with Crippen molar-refractivity contribution in [2.75, 3.05) is 13.6 Å². The number of aromatic nitrogens is 4. The number of hydrogen-bond acceptors (Lipinski definition) is 9. The normalized spacial score (nSPS) is 18.5. The number of nitrogens with two attached hydrogens (primary N) is 2. The number of fused-ring (bicyclic) bond motifs is 2. The molecule has 1 aliphatic rings. The lowest BCUT2D eigenvalue weighted by atomic mass is 10.0. The summed E-state index contributed by atoms with van der Waals surface area (Å²) in [5, 5.41) is 13.4. The van der Waals surface area contributed by atoms with E-state index < -0.39 is 65.8 Å². The number of rotatable bonds is 13. The molecule has 342 valence electrons. The van der Waals surface area contributed by atoms with Crippen molar-refractivity contribution in [2.24, 2.45) is 11.5 Å². The average molecular weight is 896 g/mol. The van der Waals surface area contributed by atoms with Crippen LogP contribution in [-0.2, 0) is 49.7 Å². The maximum atomic E-state index is 14.6. The van der Waals surface area contributed by atoms with E-state index in [0.717, 1.165) is 32.4 Å². The van der Waals surface area contributed by atoms with Gasteiger partial charge in [0.15, 0.2) is 0 Å². The van der Waals surface area contributed by atoms with Crippen molar-refractivity contribution >= 4 is 57.4 Å². The van der Waals surface area contributed by atoms with Gasteiger partial charge in [0.2, 0.25) is 23.6 Å². The van der Waals surface area contributed by atoms with Crippen molar-refractivity contribution in [1.82, 2.24) is 56.5 Å². The predicted molar refractivity (Wildman–Crippen MR) is 246 cm³/mol. The van der Waals surface area contributed by atoms with E-state index in [1.807, 2.05) is 54.6 Å². The first-order valence-electron chi connectivity index (χ1n) is 21.6. The van der Waals surface area contributed by atoms with Crippen molar-refractivity contribution in [1.29, 1.82) is 0 Å². The summed E-state index contributed by atoms with van der Waals surface area (Å²) in [4.78, 5) is 98.7. The molecule has 0 aliphatic carbocycles. The van der Waals surface area contributed by atoms with Crippen LogP contribution in [0.4, 0.5) is 4.79 Å². The van der Waals surface area contributed by atoms with Gasteiger partial charge in [0.25, 0.3) is 5.91 Å². The molecule has 5 atom stereocenters. The number of carbonyl (C=O) groups excluding carboxylic acids is 6. The molecule has 0 fully saturated rings. The van der Waals surface area contributed by atoms with Crippen molar-refractivity contribution in [2.45, 2.75) is 75.2 Å². The minimum atomic E-state index is -1.36. The summed E-state index contributed by atoms with van der Waals surface area (Å²) < 4.78 is 0. The Morgan fingerprint density at radius 2 is 1.42 bits per heavy atom. The number of benzene rings is 3. The molecule has 7 amide bonds. The average Bonchev–Trinajstić information content (AvgIpc) is 4.09. The van der Waals surface area contributed by atoms with E-state index in [0.29, 0.717) is 36.2 Å². The monoisotopic (exact) mass is 895 g/mol. The van der Waals surface area contributed by atoms with Gasteiger partial charge in [-0.3, -0.25) is 24.0 Å². The number of urea groups is 1. The highest BCUT2D eigenvalue weighted by molar-refractivity contribution is 5.96. The van der Waals surface area contributed by atoms with Crippen LogP contribution in [0.2, 0.25) is 0 Å². The minimum Gasteiger partial charge on any atom is -0.368 e. The van der Waals surface area contributed by atoms with Gasteiger partial charge in [-0.25, -0.2) is 15.2 Å². The van der Waals surface area contributed by atoms with Crippen molar-refractivity contribution in [3.05, 3.63) is 126 Å². The molecule has 4 heterocycles. The fourth-order valence-corrected chi connectivity index (χ4v) is 7.77. The number of nitrogens with zero attached hydrogens (tertiary/aromatic N) is 3. The van der Waals surface area contributed by atoms with Crippen LogP contribution >= 0.6 is 0 Å². The fourth-order valence-electron chi connectivity index (χ4n) is 7.77. The third-order valence-electron chi connectivity index (χ3n) is 11.4. The van der Waals surface area contributed by atoms with E-state index in [2.05, 4.69) is 58.7 Å². The van der Waals surface area contributed by atoms with Gasteiger partial charge in [0.05, 0.1) is 18.4 Å². The molecule has 0 saturated heterocycles. The third kappa shape index (κ3) is 11.9. The zero-order valence-electron chi connectivity index (χ0n) is 36.3. The van der Waals surface area contributed by atoms with Gasteiger partial charge in [0, 0.05) is 91.4 Å². The Balaban J connectivity index is 1.22. The molecular weight excluding hydrogens is 843 g/mol. The SMILES string of the molecule is CN1C#CN(NC(=O)[C@@H](Cc2c[nH]c3ccccc23)NC(=O)[C@@H](N)Cc2cnc[nH]2)C(=O)N[C@@H](Cc2c[nH]c3ccccc23)C(=O)N[C@H](Cc2ccccc2)C(=O)N[C@H](C(N)=O)CCCC1. The number of nitrogens with one attached hydrogen (secondary N) is 8. The number of imidazole rings is 1. The second-order valence-electron chi connectivity index (χ2n) is 16.2. The maximum absolute atomic E-state index is 14.6. The Morgan fingerprint density at radius 1 is 0.773 bits per heavy atom. The lowest BCUT2D eigenvalue weighted by molar-refractivity contribution is -0.132. The second-order valence-corrected chi connectivity index (χ2v) is 16.2. The Morgan fingerprint density at radius 3 is 2.12 bits per heavy atom. The zero-order valence-corrected chi connectivity index (χ0v) is 36.3. The summed E-state index contributed by atoms with van der Waals surface area (Å²) in [5.74, 6) is -3.55.